The summed E-state index contributed by atoms with van der Waals surface area (Å²) in [6.07, 6.45) is 0.885. The number of nitrogens with zero attached hydrogens (tertiary/aromatic N) is 2. The van der Waals surface area contributed by atoms with Gasteiger partial charge in [-0.1, -0.05) is 37.3 Å². The van der Waals surface area contributed by atoms with Gasteiger partial charge >= 0.3 is 0 Å². The summed E-state index contributed by atoms with van der Waals surface area (Å²) >= 11 is 0. The van der Waals surface area contributed by atoms with Gasteiger partial charge in [0.15, 0.2) is 5.03 Å². The van der Waals surface area contributed by atoms with E-state index in [1.54, 1.807) is 30.3 Å². The minimum absolute atomic E-state index is 0.0631. The summed E-state index contributed by atoms with van der Waals surface area (Å²) in [7, 11) is -3.88. The number of carbonyl (C=O) groups excluding carboxylic acids is 1. The minimum atomic E-state index is -3.88. The summed E-state index contributed by atoms with van der Waals surface area (Å²) < 4.78 is 26.2. The van der Waals surface area contributed by atoms with Crippen LogP contribution in [0.4, 0.5) is 5.69 Å². The standard InChI is InChI=1S/C20H19N3O4S/c1-2-15-8-10-16(11-9-15)21-18(24)14-23-20(25)13-12-19(22-23)28(26,27)17-6-4-3-5-7-17/h3-13H,2,14H2,1H3,(H,21,24). The molecule has 0 aliphatic heterocycles. The van der Waals surface area contributed by atoms with Gasteiger partial charge in [-0.05, 0) is 42.3 Å². The normalized spacial score (nSPS) is 11.2. The van der Waals surface area contributed by atoms with Crippen LogP contribution in [-0.2, 0) is 27.6 Å². The number of hydrogen-bond donors (Lipinski definition) is 1. The Morgan fingerprint density at radius 3 is 2.32 bits per heavy atom. The molecular weight excluding hydrogens is 378 g/mol. The summed E-state index contributed by atoms with van der Waals surface area (Å²) in [5.41, 5.74) is 1.15. The topological polar surface area (TPSA) is 98.1 Å². The number of hydrogen-bond acceptors (Lipinski definition) is 5. The molecule has 3 aromatic rings. The zero-order valence-electron chi connectivity index (χ0n) is 15.2. The number of aromatic nitrogens is 2. The summed E-state index contributed by atoms with van der Waals surface area (Å²) in [5, 5.41) is 6.26. The molecule has 7 nitrogen and oxygen atoms in total. The molecule has 0 aliphatic carbocycles. The first-order valence-electron chi connectivity index (χ1n) is 8.67. The molecule has 0 atom stereocenters. The van der Waals surface area contributed by atoms with E-state index >= 15 is 0 Å². The van der Waals surface area contributed by atoms with E-state index in [9.17, 15) is 18.0 Å². The van der Waals surface area contributed by atoms with Gasteiger partial charge in [0, 0.05) is 11.8 Å². The third kappa shape index (κ3) is 4.34. The molecule has 2 aromatic carbocycles. The van der Waals surface area contributed by atoms with E-state index in [4.69, 9.17) is 0 Å². The van der Waals surface area contributed by atoms with Crippen molar-refractivity contribution < 1.29 is 13.2 Å². The third-order valence-electron chi connectivity index (χ3n) is 4.11. The number of aryl methyl sites for hydroxylation is 1. The highest BCUT2D eigenvalue weighted by Crippen LogP contribution is 2.17. The lowest BCUT2D eigenvalue weighted by Gasteiger charge is -2.09. The van der Waals surface area contributed by atoms with E-state index in [1.165, 1.54) is 12.1 Å². The van der Waals surface area contributed by atoms with Crippen molar-refractivity contribution in [3.63, 3.8) is 0 Å². The van der Waals surface area contributed by atoms with Gasteiger partial charge in [0.05, 0.1) is 4.90 Å². The second kappa shape index (κ2) is 8.18. The van der Waals surface area contributed by atoms with E-state index in [0.29, 0.717) is 5.69 Å². The molecule has 0 saturated heterocycles. The van der Waals surface area contributed by atoms with Crippen LogP contribution in [0.1, 0.15) is 12.5 Å². The molecule has 0 saturated carbocycles. The van der Waals surface area contributed by atoms with Crippen LogP contribution in [0.3, 0.4) is 0 Å². The fourth-order valence-corrected chi connectivity index (χ4v) is 3.78. The van der Waals surface area contributed by atoms with Crippen molar-refractivity contribution in [2.45, 2.75) is 29.8 Å². The smallest absolute Gasteiger partial charge is 0.267 e. The highest BCUT2D eigenvalue weighted by atomic mass is 32.2. The van der Waals surface area contributed by atoms with Crippen molar-refractivity contribution in [1.82, 2.24) is 9.78 Å². The molecular formula is C20H19N3O4S. The van der Waals surface area contributed by atoms with E-state index in [1.807, 2.05) is 19.1 Å². The van der Waals surface area contributed by atoms with Crippen molar-refractivity contribution in [1.29, 1.82) is 0 Å². The Morgan fingerprint density at radius 1 is 1.00 bits per heavy atom. The fraction of sp³-hybridized carbons (Fsp3) is 0.150. The second-order valence-corrected chi connectivity index (χ2v) is 7.98. The highest BCUT2D eigenvalue weighted by Gasteiger charge is 2.20. The zero-order valence-corrected chi connectivity index (χ0v) is 16.0. The van der Waals surface area contributed by atoms with Gasteiger partial charge in [0.25, 0.3) is 5.56 Å². The van der Waals surface area contributed by atoms with Crippen molar-refractivity contribution >= 4 is 21.4 Å². The maximum absolute atomic E-state index is 12.7. The maximum Gasteiger partial charge on any atom is 0.267 e. The first kappa shape index (κ1) is 19.5. The Hall–Kier alpha value is -3.26. The van der Waals surface area contributed by atoms with Gasteiger partial charge in [-0.15, -0.1) is 0 Å². The molecule has 0 unspecified atom stereocenters. The number of anilines is 1. The van der Waals surface area contributed by atoms with Crippen LogP contribution in [0.2, 0.25) is 0 Å². The molecule has 0 fully saturated rings. The Kier molecular flexibility index (Phi) is 5.70. The van der Waals surface area contributed by atoms with E-state index in [2.05, 4.69) is 10.4 Å². The molecule has 8 heteroatoms. The van der Waals surface area contributed by atoms with Crippen LogP contribution in [0.5, 0.6) is 0 Å². The predicted molar refractivity (Wildman–Crippen MR) is 105 cm³/mol. The molecule has 0 spiro atoms. The van der Waals surface area contributed by atoms with Gasteiger partial charge in [0.1, 0.15) is 6.54 Å². The number of rotatable bonds is 6. The molecule has 144 valence electrons. The second-order valence-electron chi connectivity index (χ2n) is 6.08. The molecule has 3 rings (SSSR count). The minimum Gasteiger partial charge on any atom is -0.324 e. The van der Waals surface area contributed by atoms with Crippen LogP contribution in [-0.4, -0.2) is 24.1 Å². The molecule has 0 bridgehead atoms. The number of benzene rings is 2. The van der Waals surface area contributed by atoms with Gasteiger partial charge in [-0.3, -0.25) is 9.59 Å². The highest BCUT2D eigenvalue weighted by molar-refractivity contribution is 7.91. The van der Waals surface area contributed by atoms with E-state index in [-0.39, 0.29) is 9.92 Å². The average Bonchev–Trinajstić information content (AvgIpc) is 2.70. The van der Waals surface area contributed by atoms with Crippen molar-refractivity contribution in [2.75, 3.05) is 5.32 Å². The molecule has 28 heavy (non-hydrogen) atoms. The summed E-state index contributed by atoms with van der Waals surface area (Å²) in [6.45, 7) is 1.63. The molecule has 1 aromatic heterocycles. The van der Waals surface area contributed by atoms with Gasteiger partial charge < -0.3 is 5.32 Å². The molecule has 0 radical (unpaired) electrons. The first-order chi connectivity index (χ1) is 13.4. The van der Waals surface area contributed by atoms with Gasteiger partial charge in [-0.25, -0.2) is 13.1 Å². The van der Waals surface area contributed by atoms with Crippen LogP contribution < -0.4 is 10.9 Å². The lowest BCUT2D eigenvalue weighted by Crippen LogP contribution is -2.30. The summed E-state index contributed by atoms with van der Waals surface area (Å²) in [6, 6.07) is 17.3. The Labute approximate surface area is 162 Å². The lowest BCUT2D eigenvalue weighted by molar-refractivity contribution is -0.117. The number of sulfone groups is 1. The van der Waals surface area contributed by atoms with Crippen LogP contribution in [0.25, 0.3) is 0 Å². The average molecular weight is 397 g/mol. The largest absolute Gasteiger partial charge is 0.324 e. The molecule has 1 heterocycles. The Morgan fingerprint density at radius 2 is 1.68 bits per heavy atom. The third-order valence-corrected chi connectivity index (χ3v) is 5.77. The first-order valence-corrected chi connectivity index (χ1v) is 10.2. The number of amides is 1. The zero-order chi connectivity index (χ0) is 20.1. The van der Waals surface area contributed by atoms with Gasteiger partial charge in [-0.2, -0.15) is 5.10 Å². The van der Waals surface area contributed by atoms with Crippen molar-refractivity contribution in [3.05, 3.63) is 82.6 Å². The van der Waals surface area contributed by atoms with Crippen LogP contribution in [0, 0.1) is 0 Å². The fourth-order valence-electron chi connectivity index (χ4n) is 2.57. The summed E-state index contributed by atoms with van der Waals surface area (Å²) in [5.74, 6) is -0.479. The lowest BCUT2D eigenvalue weighted by atomic mass is 10.1. The monoisotopic (exact) mass is 397 g/mol. The van der Waals surface area contributed by atoms with E-state index in [0.717, 1.165) is 28.8 Å². The predicted octanol–water partition coefficient (Wildman–Crippen LogP) is 2.28. The molecule has 0 aliphatic rings. The number of carbonyl (C=O) groups is 1. The summed E-state index contributed by atoms with van der Waals surface area (Å²) in [4.78, 5) is 24.4. The maximum atomic E-state index is 12.7. The Balaban J connectivity index is 1.81. The number of nitrogens with one attached hydrogen (secondary N) is 1. The van der Waals surface area contributed by atoms with Crippen molar-refractivity contribution in [3.8, 4) is 0 Å². The quantitative estimate of drug-likeness (QED) is 0.688. The van der Waals surface area contributed by atoms with Crippen molar-refractivity contribution in [2.24, 2.45) is 0 Å². The molecule has 1 amide bonds. The van der Waals surface area contributed by atoms with Gasteiger partial charge in [0.2, 0.25) is 15.7 Å². The Bertz CT molecular complexity index is 1140. The van der Waals surface area contributed by atoms with Crippen LogP contribution in [0.15, 0.2) is 81.4 Å². The molecule has 1 N–H and O–H groups in total. The van der Waals surface area contributed by atoms with E-state index < -0.39 is 27.8 Å². The SMILES string of the molecule is CCc1ccc(NC(=O)Cn2nc(S(=O)(=O)c3ccccc3)ccc2=O)cc1. The van der Waals surface area contributed by atoms with Crippen LogP contribution >= 0.6 is 0 Å².